The third kappa shape index (κ3) is 5.31. The van der Waals surface area contributed by atoms with Crippen molar-refractivity contribution in [3.05, 3.63) is 52.0 Å². The minimum absolute atomic E-state index is 0.0681. The van der Waals surface area contributed by atoms with Crippen molar-refractivity contribution < 1.29 is 31.1 Å². The molecule has 2 aromatic rings. The van der Waals surface area contributed by atoms with E-state index in [1.807, 2.05) is 0 Å². The number of carbonyl (C=O) groups excluding carboxylic acids is 1. The number of halogens is 5. The first-order valence-electron chi connectivity index (χ1n) is 9.45. The molecular weight excluding hydrogens is 492 g/mol. The number of benzene rings is 2. The zero-order valence-corrected chi connectivity index (χ0v) is 19.1. The Morgan fingerprint density at radius 3 is 2.53 bits per heavy atom. The van der Waals surface area contributed by atoms with Gasteiger partial charge in [-0.15, -0.1) is 0 Å². The number of ether oxygens (including phenoxy) is 1. The number of alkyl halides is 3. The Morgan fingerprint density at radius 1 is 1.19 bits per heavy atom. The summed E-state index contributed by atoms with van der Waals surface area (Å²) in [5.74, 6) is -1.22. The summed E-state index contributed by atoms with van der Waals surface area (Å²) >= 11 is 11.7. The molecule has 12 heteroatoms. The summed E-state index contributed by atoms with van der Waals surface area (Å²) in [5.41, 5.74) is -1.51. The van der Waals surface area contributed by atoms with Crippen molar-refractivity contribution in [3.8, 4) is 5.75 Å². The van der Waals surface area contributed by atoms with Crippen LogP contribution in [-0.4, -0.2) is 38.8 Å². The van der Waals surface area contributed by atoms with Crippen LogP contribution in [-0.2, 0) is 21.0 Å². The van der Waals surface area contributed by atoms with E-state index in [0.29, 0.717) is 18.6 Å². The molecule has 0 unspecified atom stereocenters. The third-order valence-corrected chi connectivity index (χ3v) is 7.45. The maximum atomic E-state index is 13.3. The molecule has 32 heavy (non-hydrogen) atoms. The Balaban J connectivity index is 1.79. The summed E-state index contributed by atoms with van der Waals surface area (Å²) in [6.45, 7) is -0.00271. The van der Waals surface area contributed by atoms with Gasteiger partial charge in [0.05, 0.1) is 34.2 Å². The van der Waals surface area contributed by atoms with Crippen LogP contribution in [0.15, 0.2) is 41.3 Å². The number of anilines is 1. The molecule has 0 aromatic heterocycles. The molecule has 1 N–H and O–H groups in total. The fourth-order valence-electron chi connectivity index (χ4n) is 3.43. The van der Waals surface area contributed by atoms with Crippen molar-refractivity contribution in [2.45, 2.75) is 23.9 Å². The van der Waals surface area contributed by atoms with Gasteiger partial charge in [0.15, 0.2) is 0 Å². The molecule has 2 aromatic carbocycles. The molecule has 0 bridgehead atoms. The van der Waals surface area contributed by atoms with E-state index < -0.39 is 39.3 Å². The van der Waals surface area contributed by atoms with Gasteiger partial charge >= 0.3 is 6.18 Å². The Morgan fingerprint density at radius 2 is 1.91 bits per heavy atom. The first-order valence-corrected chi connectivity index (χ1v) is 11.6. The van der Waals surface area contributed by atoms with Crippen molar-refractivity contribution in [2.75, 3.05) is 25.5 Å². The number of rotatable bonds is 5. The Hall–Kier alpha value is -2.01. The molecule has 1 amide bonds. The van der Waals surface area contributed by atoms with Crippen molar-refractivity contribution >= 4 is 44.8 Å². The number of methoxy groups -OCH3 is 1. The highest BCUT2D eigenvalue weighted by atomic mass is 35.5. The van der Waals surface area contributed by atoms with E-state index in [9.17, 15) is 26.4 Å². The smallest absolute Gasteiger partial charge is 0.418 e. The first-order chi connectivity index (χ1) is 14.9. The maximum absolute atomic E-state index is 13.3. The van der Waals surface area contributed by atoms with Gasteiger partial charge < -0.3 is 10.1 Å². The predicted molar refractivity (Wildman–Crippen MR) is 115 cm³/mol. The van der Waals surface area contributed by atoms with Crippen LogP contribution in [0.2, 0.25) is 10.0 Å². The highest BCUT2D eigenvalue weighted by Crippen LogP contribution is 2.37. The molecule has 0 aliphatic carbocycles. The molecule has 1 aliphatic rings. The monoisotopic (exact) mass is 510 g/mol. The van der Waals surface area contributed by atoms with E-state index in [1.54, 1.807) is 0 Å². The minimum atomic E-state index is -4.72. The summed E-state index contributed by atoms with van der Waals surface area (Å²) in [6.07, 6.45) is -4.02. The van der Waals surface area contributed by atoms with Gasteiger partial charge in [-0.05, 0) is 49.2 Å². The van der Waals surface area contributed by atoms with Crippen LogP contribution in [0.25, 0.3) is 0 Å². The SMILES string of the molecule is COc1ccc(S(=O)(=O)N2CCC[C@H](C(=O)Nc3ccc(Cl)cc3C(F)(F)F)C2)cc1Cl. The number of sulfonamides is 1. The van der Waals surface area contributed by atoms with Crippen LogP contribution in [0.4, 0.5) is 18.9 Å². The molecule has 1 saturated heterocycles. The molecule has 0 radical (unpaired) electrons. The van der Waals surface area contributed by atoms with Gasteiger partial charge in [0.1, 0.15) is 5.75 Å². The second-order valence-corrected chi connectivity index (χ2v) is 9.96. The lowest BCUT2D eigenvalue weighted by Gasteiger charge is -2.31. The van der Waals surface area contributed by atoms with Crippen molar-refractivity contribution in [1.82, 2.24) is 4.31 Å². The summed E-state index contributed by atoms with van der Waals surface area (Å²) in [5, 5.41) is 2.26. The predicted octanol–water partition coefficient (Wildman–Crippen LogP) is 5.06. The lowest BCUT2D eigenvalue weighted by Crippen LogP contribution is -2.43. The third-order valence-electron chi connectivity index (χ3n) is 5.06. The van der Waals surface area contributed by atoms with Crippen LogP contribution >= 0.6 is 23.2 Å². The molecule has 0 spiro atoms. The van der Waals surface area contributed by atoms with Crippen LogP contribution in [0.3, 0.4) is 0 Å². The molecule has 1 fully saturated rings. The van der Waals surface area contributed by atoms with Crippen molar-refractivity contribution in [2.24, 2.45) is 5.92 Å². The van der Waals surface area contributed by atoms with E-state index >= 15 is 0 Å². The number of nitrogens with zero attached hydrogens (tertiary/aromatic N) is 1. The second kappa shape index (κ2) is 9.46. The van der Waals surface area contributed by atoms with Gasteiger partial charge in [0.25, 0.3) is 0 Å². The zero-order valence-electron chi connectivity index (χ0n) is 16.7. The highest BCUT2D eigenvalue weighted by molar-refractivity contribution is 7.89. The Bertz CT molecular complexity index is 1130. The zero-order chi connectivity index (χ0) is 23.7. The summed E-state index contributed by atoms with van der Waals surface area (Å²) in [6, 6.07) is 7.04. The average molecular weight is 511 g/mol. The quantitative estimate of drug-likeness (QED) is 0.609. The Kier molecular flexibility index (Phi) is 7.28. The van der Waals surface area contributed by atoms with E-state index in [0.717, 1.165) is 16.4 Å². The minimum Gasteiger partial charge on any atom is -0.495 e. The van der Waals surface area contributed by atoms with Crippen molar-refractivity contribution in [3.63, 3.8) is 0 Å². The van der Waals surface area contributed by atoms with Crippen molar-refractivity contribution in [1.29, 1.82) is 0 Å². The lowest BCUT2D eigenvalue weighted by atomic mass is 9.98. The summed E-state index contributed by atoms with van der Waals surface area (Å²) in [4.78, 5) is 12.6. The van der Waals surface area contributed by atoms with Gasteiger partial charge in [-0.3, -0.25) is 4.79 Å². The van der Waals surface area contributed by atoms with Gasteiger partial charge in [0.2, 0.25) is 15.9 Å². The van der Waals surface area contributed by atoms with Gasteiger partial charge in [-0.2, -0.15) is 17.5 Å². The van der Waals surface area contributed by atoms with Gasteiger partial charge in [-0.25, -0.2) is 8.42 Å². The molecule has 1 heterocycles. The normalized spacial score (nSPS) is 17.8. The standard InChI is InChI=1S/C20H19Cl2F3N2O4S/c1-31-18-7-5-14(10-16(18)22)32(29,30)27-8-2-3-12(11-27)19(28)26-17-6-4-13(21)9-15(17)20(23,24)25/h4-7,9-10,12H,2-3,8,11H2,1H3,(H,26,28)/t12-/m0/s1. The van der Waals surface area contributed by atoms with E-state index in [1.165, 1.54) is 31.4 Å². The molecule has 3 rings (SSSR count). The molecule has 6 nitrogen and oxygen atoms in total. The second-order valence-electron chi connectivity index (χ2n) is 7.18. The average Bonchev–Trinajstić information content (AvgIpc) is 2.74. The number of amides is 1. The summed E-state index contributed by atoms with van der Waals surface area (Å²) < 4.78 is 72.1. The molecule has 1 atom stereocenters. The molecule has 1 aliphatic heterocycles. The molecule has 174 valence electrons. The number of nitrogens with one attached hydrogen (secondary N) is 1. The first kappa shape index (κ1) is 24.6. The van der Waals surface area contributed by atoms with Crippen LogP contribution < -0.4 is 10.1 Å². The topological polar surface area (TPSA) is 75.7 Å². The molecule has 0 saturated carbocycles. The summed E-state index contributed by atoms with van der Waals surface area (Å²) in [7, 11) is -2.57. The van der Waals surface area contributed by atoms with Gasteiger partial charge in [-0.1, -0.05) is 23.2 Å². The van der Waals surface area contributed by atoms with E-state index in [4.69, 9.17) is 27.9 Å². The lowest BCUT2D eigenvalue weighted by molar-refractivity contribution is -0.137. The van der Waals surface area contributed by atoms with E-state index in [-0.39, 0.29) is 28.0 Å². The number of piperidine rings is 1. The van der Waals surface area contributed by atoms with Gasteiger partial charge in [0, 0.05) is 18.1 Å². The number of carbonyl (C=O) groups is 1. The highest BCUT2D eigenvalue weighted by Gasteiger charge is 2.37. The maximum Gasteiger partial charge on any atom is 0.418 e. The van der Waals surface area contributed by atoms with Crippen LogP contribution in [0.1, 0.15) is 18.4 Å². The Labute approximate surface area is 193 Å². The fourth-order valence-corrected chi connectivity index (χ4v) is 5.47. The van der Waals surface area contributed by atoms with Crippen LogP contribution in [0, 0.1) is 5.92 Å². The van der Waals surface area contributed by atoms with Crippen LogP contribution in [0.5, 0.6) is 5.75 Å². The fraction of sp³-hybridized carbons (Fsp3) is 0.350. The largest absolute Gasteiger partial charge is 0.495 e. The number of hydrogen-bond acceptors (Lipinski definition) is 4. The van der Waals surface area contributed by atoms with E-state index in [2.05, 4.69) is 5.32 Å². The molecular formula is C20H19Cl2F3N2O4S. The number of hydrogen-bond donors (Lipinski definition) is 1.